The molecule has 1 aromatic rings. The first-order valence-corrected chi connectivity index (χ1v) is 6.61. The van der Waals surface area contributed by atoms with E-state index in [9.17, 15) is 4.79 Å². The number of hydrogen-bond acceptors (Lipinski definition) is 4. The summed E-state index contributed by atoms with van der Waals surface area (Å²) in [6.45, 7) is 1.37. The van der Waals surface area contributed by atoms with Crippen LogP contribution in [-0.4, -0.2) is 53.0 Å². The van der Waals surface area contributed by atoms with Gasteiger partial charge in [-0.2, -0.15) is 0 Å². The number of nitrogens with one attached hydrogen (secondary N) is 1. The molecule has 6 heteroatoms. The van der Waals surface area contributed by atoms with Crippen molar-refractivity contribution >= 4 is 17.7 Å². The number of carbonyl (C=O) groups is 1. The molecule has 1 saturated heterocycles. The summed E-state index contributed by atoms with van der Waals surface area (Å²) in [6.07, 6.45) is 1.86. The number of nitrogens with zero attached hydrogens (tertiary/aromatic N) is 1. The summed E-state index contributed by atoms with van der Waals surface area (Å²) in [5.74, 6) is 0.658. The molecule has 2 rings (SSSR count). The molecule has 0 radical (unpaired) electrons. The molecule has 5 nitrogen and oxygen atoms in total. The highest BCUT2D eigenvalue weighted by Crippen LogP contribution is 2.37. The van der Waals surface area contributed by atoms with E-state index in [1.165, 1.54) is 0 Å². The third-order valence-electron chi connectivity index (χ3n) is 2.57. The van der Waals surface area contributed by atoms with E-state index >= 15 is 0 Å². The summed E-state index contributed by atoms with van der Waals surface area (Å²) in [5, 5.41) is 8.66. The molecule has 1 fully saturated rings. The van der Waals surface area contributed by atoms with Crippen LogP contribution in [0.4, 0.5) is 0 Å². The summed E-state index contributed by atoms with van der Waals surface area (Å²) >= 11 is 1.62. The van der Waals surface area contributed by atoms with Crippen LogP contribution in [0, 0.1) is 0 Å². The van der Waals surface area contributed by atoms with Crippen molar-refractivity contribution in [2.24, 2.45) is 0 Å². The number of ether oxygens (including phenoxy) is 1. The number of hydrogen-bond donors (Lipinski definition) is 2. The van der Waals surface area contributed by atoms with Crippen molar-refractivity contribution in [2.45, 2.75) is 5.37 Å². The van der Waals surface area contributed by atoms with Crippen molar-refractivity contribution in [3.8, 4) is 0 Å². The van der Waals surface area contributed by atoms with Gasteiger partial charge in [-0.15, -0.1) is 11.8 Å². The van der Waals surface area contributed by atoms with Crippen LogP contribution >= 0.6 is 11.8 Å². The van der Waals surface area contributed by atoms with Crippen molar-refractivity contribution in [2.75, 3.05) is 32.1 Å². The van der Waals surface area contributed by atoms with Gasteiger partial charge in [-0.25, -0.2) is 0 Å². The third kappa shape index (κ3) is 3.02. The molecule has 1 aliphatic rings. The van der Waals surface area contributed by atoms with Crippen molar-refractivity contribution in [3.63, 3.8) is 0 Å². The number of amides is 1. The second-order valence-corrected chi connectivity index (χ2v) is 4.78. The fourth-order valence-corrected chi connectivity index (χ4v) is 2.98. The molecule has 17 heavy (non-hydrogen) atoms. The lowest BCUT2D eigenvalue weighted by Crippen LogP contribution is -2.31. The molecule has 2 heterocycles. The summed E-state index contributed by atoms with van der Waals surface area (Å²) in [7, 11) is 0. The molecule has 0 spiro atoms. The minimum atomic E-state index is 0.0166. The average molecular weight is 256 g/mol. The number of aliphatic hydroxyl groups excluding tert-OH is 1. The van der Waals surface area contributed by atoms with Gasteiger partial charge in [-0.05, 0) is 12.1 Å². The lowest BCUT2D eigenvalue weighted by molar-refractivity contribution is -0.128. The Morgan fingerprint density at radius 3 is 3.18 bits per heavy atom. The lowest BCUT2D eigenvalue weighted by Gasteiger charge is -2.22. The fraction of sp³-hybridized carbons (Fsp3) is 0.545. The molecule has 0 aromatic carbocycles. The van der Waals surface area contributed by atoms with E-state index in [-0.39, 0.29) is 17.9 Å². The summed E-state index contributed by atoms with van der Waals surface area (Å²) in [4.78, 5) is 16.7. The zero-order valence-corrected chi connectivity index (χ0v) is 10.3. The van der Waals surface area contributed by atoms with Crippen LogP contribution in [0.3, 0.4) is 0 Å². The van der Waals surface area contributed by atoms with Crippen LogP contribution in [-0.2, 0) is 9.53 Å². The minimum absolute atomic E-state index is 0.0166. The molecular formula is C11H16N2O3S. The first kappa shape index (κ1) is 12.5. The van der Waals surface area contributed by atoms with E-state index in [2.05, 4.69) is 4.98 Å². The Hall–Kier alpha value is -0.980. The van der Waals surface area contributed by atoms with E-state index in [4.69, 9.17) is 9.84 Å². The number of thioether (sulfide) groups is 1. The predicted molar refractivity (Wildman–Crippen MR) is 65.6 cm³/mol. The Balaban J connectivity index is 1.90. The zero-order valence-electron chi connectivity index (χ0n) is 9.46. The summed E-state index contributed by atoms with van der Waals surface area (Å²) < 4.78 is 5.20. The molecule has 0 bridgehead atoms. The molecule has 1 unspecified atom stereocenters. The molecule has 0 saturated carbocycles. The van der Waals surface area contributed by atoms with Crippen LogP contribution in [0.15, 0.2) is 18.3 Å². The topological polar surface area (TPSA) is 65.6 Å². The quantitative estimate of drug-likeness (QED) is 0.731. The van der Waals surface area contributed by atoms with Gasteiger partial charge in [0.2, 0.25) is 5.91 Å². The Kier molecular flexibility index (Phi) is 4.47. The van der Waals surface area contributed by atoms with Gasteiger partial charge in [0.1, 0.15) is 5.37 Å². The van der Waals surface area contributed by atoms with E-state index < -0.39 is 0 Å². The molecule has 1 amide bonds. The second kappa shape index (κ2) is 6.09. The molecule has 0 aliphatic carbocycles. The number of H-pyrrole nitrogens is 1. The minimum Gasteiger partial charge on any atom is -0.394 e. The zero-order chi connectivity index (χ0) is 12.1. The van der Waals surface area contributed by atoms with Gasteiger partial charge in [-0.3, -0.25) is 4.79 Å². The predicted octanol–water partition coefficient (Wildman–Crippen LogP) is 0.598. The molecule has 94 valence electrons. The molecule has 1 atom stereocenters. The highest BCUT2D eigenvalue weighted by molar-refractivity contribution is 8.00. The van der Waals surface area contributed by atoms with Gasteiger partial charge in [-0.1, -0.05) is 0 Å². The number of aromatic amines is 1. The summed E-state index contributed by atoms with van der Waals surface area (Å²) in [5.41, 5.74) is 1.04. The van der Waals surface area contributed by atoms with Crippen LogP contribution in [0.2, 0.25) is 0 Å². The van der Waals surface area contributed by atoms with Crippen molar-refractivity contribution in [3.05, 3.63) is 24.0 Å². The van der Waals surface area contributed by atoms with E-state index in [1.807, 2.05) is 23.2 Å². The van der Waals surface area contributed by atoms with Crippen LogP contribution in [0.25, 0.3) is 0 Å². The largest absolute Gasteiger partial charge is 0.394 e. The number of carbonyl (C=O) groups excluding carboxylic acids is 1. The first-order chi connectivity index (χ1) is 8.33. The third-order valence-corrected chi connectivity index (χ3v) is 3.81. The van der Waals surface area contributed by atoms with E-state index in [0.29, 0.717) is 25.5 Å². The normalized spacial score (nSPS) is 20.2. The van der Waals surface area contributed by atoms with Gasteiger partial charge in [0, 0.05) is 18.4 Å². The SMILES string of the molecule is O=C1CSC(c2ccc[nH]2)N1CCOCCO. The Morgan fingerprint density at radius 1 is 1.59 bits per heavy atom. The van der Waals surface area contributed by atoms with E-state index in [0.717, 1.165) is 5.69 Å². The van der Waals surface area contributed by atoms with Gasteiger partial charge in [0.25, 0.3) is 0 Å². The van der Waals surface area contributed by atoms with Crippen LogP contribution in [0.5, 0.6) is 0 Å². The highest BCUT2D eigenvalue weighted by Gasteiger charge is 2.32. The van der Waals surface area contributed by atoms with Gasteiger partial charge in [0.15, 0.2) is 0 Å². The Bertz CT molecular complexity index is 356. The fourth-order valence-electron chi connectivity index (χ4n) is 1.78. The van der Waals surface area contributed by atoms with Gasteiger partial charge >= 0.3 is 0 Å². The maximum atomic E-state index is 11.7. The molecule has 2 N–H and O–H groups in total. The van der Waals surface area contributed by atoms with Crippen molar-refractivity contribution < 1.29 is 14.6 Å². The molecular weight excluding hydrogens is 240 g/mol. The average Bonchev–Trinajstić information content (AvgIpc) is 2.94. The standard InChI is InChI=1S/C11H16N2O3S/c14-5-7-16-6-4-13-10(15)8-17-11(13)9-2-1-3-12-9/h1-3,11-12,14H,4-8H2. The molecule has 1 aromatic heterocycles. The second-order valence-electron chi connectivity index (χ2n) is 3.71. The maximum Gasteiger partial charge on any atom is 0.233 e. The lowest BCUT2D eigenvalue weighted by atomic mass is 10.3. The first-order valence-electron chi connectivity index (χ1n) is 5.56. The van der Waals surface area contributed by atoms with Crippen molar-refractivity contribution in [1.29, 1.82) is 0 Å². The van der Waals surface area contributed by atoms with Crippen LogP contribution < -0.4 is 0 Å². The van der Waals surface area contributed by atoms with Gasteiger partial charge in [0.05, 0.1) is 25.6 Å². The monoisotopic (exact) mass is 256 g/mol. The highest BCUT2D eigenvalue weighted by atomic mass is 32.2. The van der Waals surface area contributed by atoms with Gasteiger partial charge < -0.3 is 19.7 Å². The summed E-state index contributed by atoms with van der Waals surface area (Å²) in [6, 6.07) is 3.91. The number of rotatable bonds is 6. The van der Waals surface area contributed by atoms with Crippen molar-refractivity contribution in [1.82, 2.24) is 9.88 Å². The number of aliphatic hydroxyl groups is 1. The Labute approximate surface area is 104 Å². The molecule has 1 aliphatic heterocycles. The smallest absolute Gasteiger partial charge is 0.233 e. The Morgan fingerprint density at radius 2 is 2.47 bits per heavy atom. The number of aromatic nitrogens is 1. The van der Waals surface area contributed by atoms with E-state index in [1.54, 1.807) is 11.8 Å². The maximum absolute atomic E-state index is 11.7. The van der Waals surface area contributed by atoms with Crippen LogP contribution in [0.1, 0.15) is 11.1 Å².